The quantitative estimate of drug-likeness (QED) is 0.668. The van der Waals surface area contributed by atoms with E-state index in [9.17, 15) is 19.8 Å². The van der Waals surface area contributed by atoms with E-state index in [1.165, 1.54) is 18.2 Å². The molecule has 0 aliphatic rings. The van der Waals surface area contributed by atoms with Gasteiger partial charge in [-0.3, -0.25) is 9.59 Å². The molecule has 2 aromatic carbocycles. The first-order valence-corrected chi connectivity index (χ1v) is 6.58. The molecule has 2 N–H and O–H groups in total. The number of phenolic OH excluding ortho intramolecular Hbond substituents is 2. The number of carbonyl (C=O) groups is 2. The van der Waals surface area contributed by atoms with Crippen molar-refractivity contribution in [3.63, 3.8) is 0 Å². The van der Waals surface area contributed by atoms with Crippen molar-refractivity contribution in [2.24, 2.45) is 0 Å². The fraction of sp³-hybridized carbons (Fsp3) is 0.176. The number of carbonyl (C=O) groups excluding carboxylic acids is 2. The molecule has 4 nitrogen and oxygen atoms in total. The Balaban J connectivity index is 2.31. The third kappa shape index (κ3) is 2.94. The van der Waals surface area contributed by atoms with Gasteiger partial charge in [0.15, 0.2) is 0 Å². The van der Waals surface area contributed by atoms with Crippen LogP contribution >= 0.6 is 0 Å². The van der Waals surface area contributed by atoms with E-state index in [1.54, 1.807) is 38.1 Å². The molecular formula is C17H16O4. The van der Waals surface area contributed by atoms with Crippen molar-refractivity contribution < 1.29 is 19.8 Å². The molecule has 2 rings (SSSR count). The Morgan fingerprint density at radius 2 is 1.67 bits per heavy atom. The number of ketones is 2. The van der Waals surface area contributed by atoms with Crippen LogP contribution in [0.25, 0.3) is 0 Å². The molecule has 0 amide bonds. The van der Waals surface area contributed by atoms with E-state index in [4.69, 9.17) is 0 Å². The van der Waals surface area contributed by atoms with Crippen molar-refractivity contribution in [2.45, 2.75) is 19.8 Å². The molecule has 2 aromatic rings. The Bertz CT molecular complexity index is 704. The topological polar surface area (TPSA) is 74.6 Å². The van der Waals surface area contributed by atoms with Gasteiger partial charge in [0.05, 0.1) is 11.5 Å². The lowest BCUT2D eigenvalue weighted by atomic mass is 9.91. The molecule has 0 radical (unpaired) electrons. The fourth-order valence-electron chi connectivity index (χ4n) is 2.16. The molecule has 0 saturated carbocycles. The van der Waals surface area contributed by atoms with Gasteiger partial charge in [-0.1, -0.05) is 31.2 Å². The van der Waals surface area contributed by atoms with Gasteiger partial charge in [0, 0.05) is 5.56 Å². The zero-order valence-corrected chi connectivity index (χ0v) is 11.8. The SMILES string of the molecule is Cc1ccc(C(=O)C(=O)C(C)c2ccccc2O)c(O)c1. The molecule has 21 heavy (non-hydrogen) atoms. The molecule has 0 saturated heterocycles. The second kappa shape index (κ2) is 5.79. The average molecular weight is 284 g/mol. The maximum Gasteiger partial charge on any atom is 0.232 e. The maximum absolute atomic E-state index is 12.3. The molecule has 1 atom stereocenters. The highest BCUT2D eigenvalue weighted by atomic mass is 16.3. The largest absolute Gasteiger partial charge is 0.508 e. The number of para-hydroxylation sites is 1. The summed E-state index contributed by atoms with van der Waals surface area (Å²) < 4.78 is 0. The van der Waals surface area contributed by atoms with Gasteiger partial charge in [0.1, 0.15) is 11.5 Å². The lowest BCUT2D eigenvalue weighted by molar-refractivity contribution is -0.116. The van der Waals surface area contributed by atoms with Crippen molar-refractivity contribution in [2.75, 3.05) is 0 Å². The van der Waals surface area contributed by atoms with Crippen LogP contribution in [0.5, 0.6) is 11.5 Å². The average Bonchev–Trinajstić information content (AvgIpc) is 2.45. The van der Waals surface area contributed by atoms with Crippen LogP contribution in [0.1, 0.15) is 34.3 Å². The molecule has 4 heteroatoms. The monoisotopic (exact) mass is 284 g/mol. The number of aromatic hydroxyl groups is 2. The highest BCUT2D eigenvalue weighted by Gasteiger charge is 2.27. The zero-order valence-electron chi connectivity index (χ0n) is 11.8. The first kappa shape index (κ1) is 14.8. The molecule has 0 heterocycles. The van der Waals surface area contributed by atoms with Gasteiger partial charge in [0.25, 0.3) is 0 Å². The molecule has 1 unspecified atom stereocenters. The smallest absolute Gasteiger partial charge is 0.232 e. The van der Waals surface area contributed by atoms with E-state index in [0.717, 1.165) is 5.56 Å². The summed E-state index contributed by atoms with van der Waals surface area (Å²) in [5.41, 5.74) is 1.17. The summed E-state index contributed by atoms with van der Waals surface area (Å²) >= 11 is 0. The molecular weight excluding hydrogens is 268 g/mol. The second-order valence-electron chi connectivity index (χ2n) is 4.99. The van der Waals surface area contributed by atoms with Gasteiger partial charge >= 0.3 is 0 Å². The first-order valence-electron chi connectivity index (χ1n) is 6.58. The van der Waals surface area contributed by atoms with E-state index in [2.05, 4.69) is 0 Å². The molecule has 0 bridgehead atoms. The standard InChI is InChI=1S/C17H16O4/c1-10-7-8-13(15(19)9-10)17(21)16(20)11(2)12-5-3-4-6-14(12)18/h3-9,11,18-19H,1-2H3. The van der Waals surface area contributed by atoms with Crippen LogP contribution in [0.15, 0.2) is 42.5 Å². The highest BCUT2D eigenvalue weighted by molar-refractivity contribution is 6.45. The van der Waals surface area contributed by atoms with Crippen LogP contribution in [-0.2, 0) is 4.79 Å². The second-order valence-corrected chi connectivity index (χ2v) is 4.99. The minimum atomic E-state index is -0.778. The predicted molar refractivity (Wildman–Crippen MR) is 78.7 cm³/mol. The summed E-state index contributed by atoms with van der Waals surface area (Å²) in [7, 11) is 0. The number of hydrogen-bond donors (Lipinski definition) is 2. The molecule has 0 fully saturated rings. The zero-order chi connectivity index (χ0) is 15.6. The van der Waals surface area contributed by atoms with Gasteiger partial charge in [0.2, 0.25) is 11.6 Å². The Kier molecular flexibility index (Phi) is 4.08. The van der Waals surface area contributed by atoms with Gasteiger partial charge in [-0.25, -0.2) is 0 Å². The molecule has 0 spiro atoms. The number of rotatable bonds is 4. The van der Waals surface area contributed by atoms with Crippen LogP contribution in [0.4, 0.5) is 0 Å². The first-order chi connectivity index (χ1) is 9.91. The maximum atomic E-state index is 12.3. The predicted octanol–water partition coefficient (Wildman–Crippen LogP) is 2.96. The van der Waals surface area contributed by atoms with Crippen LogP contribution < -0.4 is 0 Å². The van der Waals surface area contributed by atoms with E-state index in [0.29, 0.717) is 5.56 Å². The summed E-state index contributed by atoms with van der Waals surface area (Å²) in [6.45, 7) is 3.33. The number of hydrogen-bond acceptors (Lipinski definition) is 4. The Morgan fingerprint density at radius 3 is 2.29 bits per heavy atom. The van der Waals surface area contributed by atoms with Crippen LogP contribution in [0, 0.1) is 6.92 Å². The van der Waals surface area contributed by atoms with Crippen molar-refractivity contribution in [1.29, 1.82) is 0 Å². The molecule has 0 aliphatic heterocycles. The Morgan fingerprint density at radius 1 is 1.00 bits per heavy atom. The normalized spacial score (nSPS) is 11.9. The van der Waals surface area contributed by atoms with Crippen LogP contribution in [0.3, 0.4) is 0 Å². The van der Waals surface area contributed by atoms with Crippen molar-refractivity contribution >= 4 is 11.6 Å². The van der Waals surface area contributed by atoms with E-state index < -0.39 is 17.5 Å². The minimum Gasteiger partial charge on any atom is -0.508 e. The summed E-state index contributed by atoms with van der Waals surface area (Å²) in [5.74, 6) is -2.45. The van der Waals surface area contributed by atoms with Crippen molar-refractivity contribution in [1.82, 2.24) is 0 Å². The minimum absolute atomic E-state index is 0.0205. The summed E-state index contributed by atoms with van der Waals surface area (Å²) in [6.07, 6.45) is 0. The molecule has 108 valence electrons. The summed E-state index contributed by atoms with van der Waals surface area (Å²) in [5, 5.41) is 19.6. The van der Waals surface area contributed by atoms with E-state index in [-0.39, 0.29) is 17.1 Å². The number of aryl methyl sites for hydroxylation is 1. The summed E-state index contributed by atoms with van der Waals surface area (Å²) in [4.78, 5) is 24.5. The van der Waals surface area contributed by atoms with Crippen molar-refractivity contribution in [3.05, 3.63) is 59.2 Å². The molecule has 0 aromatic heterocycles. The van der Waals surface area contributed by atoms with E-state index >= 15 is 0 Å². The third-order valence-electron chi connectivity index (χ3n) is 3.42. The molecule has 0 aliphatic carbocycles. The lowest BCUT2D eigenvalue weighted by Gasteiger charge is -2.12. The van der Waals surface area contributed by atoms with Crippen LogP contribution in [0.2, 0.25) is 0 Å². The fourth-order valence-corrected chi connectivity index (χ4v) is 2.16. The lowest BCUT2D eigenvalue weighted by Crippen LogP contribution is -2.20. The summed E-state index contributed by atoms with van der Waals surface area (Å²) in [6, 6.07) is 10.9. The van der Waals surface area contributed by atoms with Crippen molar-refractivity contribution in [3.8, 4) is 11.5 Å². The van der Waals surface area contributed by atoms with Gasteiger partial charge in [-0.2, -0.15) is 0 Å². The van der Waals surface area contributed by atoms with E-state index in [1.807, 2.05) is 0 Å². The number of Topliss-reactive ketones (excluding diaryl/α,β-unsaturated/α-hetero) is 2. The number of phenols is 2. The highest BCUT2D eigenvalue weighted by Crippen LogP contribution is 2.28. The van der Waals surface area contributed by atoms with Crippen LogP contribution in [-0.4, -0.2) is 21.8 Å². The number of benzene rings is 2. The van der Waals surface area contributed by atoms with Gasteiger partial charge < -0.3 is 10.2 Å². The third-order valence-corrected chi connectivity index (χ3v) is 3.42. The Labute approximate surface area is 122 Å². The Hall–Kier alpha value is -2.62. The van der Waals surface area contributed by atoms with Gasteiger partial charge in [-0.15, -0.1) is 0 Å². The van der Waals surface area contributed by atoms with Gasteiger partial charge in [-0.05, 0) is 30.7 Å².